The molecule has 32 heavy (non-hydrogen) atoms. The maximum Gasteiger partial charge on any atom is 0.230 e. The van der Waals surface area contributed by atoms with Crippen LogP contribution in [-0.2, 0) is 4.79 Å². The van der Waals surface area contributed by atoms with Crippen LogP contribution in [0.15, 0.2) is 84.0 Å². The van der Waals surface area contributed by atoms with Crippen molar-refractivity contribution in [3.8, 4) is 17.1 Å². The van der Waals surface area contributed by atoms with Crippen molar-refractivity contribution in [3.05, 3.63) is 96.1 Å². The molecule has 1 aromatic heterocycles. The van der Waals surface area contributed by atoms with Gasteiger partial charge in [-0.3, -0.25) is 9.36 Å². The Hall–Kier alpha value is -3.52. The number of hydrogen-bond acceptors (Lipinski definition) is 4. The van der Waals surface area contributed by atoms with Gasteiger partial charge in [-0.05, 0) is 24.6 Å². The summed E-state index contributed by atoms with van der Waals surface area (Å²) in [4.78, 5) is 12.5. The molecule has 1 heterocycles. The molecule has 0 radical (unpaired) electrons. The second-order valence-corrected chi connectivity index (χ2v) is 8.03. The van der Waals surface area contributed by atoms with Crippen molar-refractivity contribution in [2.24, 2.45) is 0 Å². The number of benzene rings is 3. The van der Waals surface area contributed by atoms with Crippen LogP contribution in [0.25, 0.3) is 17.1 Å². The smallest absolute Gasteiger partial charge is 0.230 e. The average molecular weight is 451 g/mol. The van der Waals surface area contributed by atoms with E-state index >= 15 is 0 Å². The van der Waals surface area contributed by atoms with Crippen molar-refractivity contribution in [2.75, 3.05) is 5.75 Å². The van der Waals surface area contributed by atoms with E-state index in [9.17, 15) is 13.6 Å². The van der Waals surface area contributed by atoms with E-state index in [1.165, 1.54) is 16.7 Å². The number of nitrogens with zero attached hydrogens (tertiary/aromatic N) is 3. The van der Waals surface area contributed by atoms with Crippen LogP contribution in [0.3, 0.4) is 0 Å². The van der Waals surface area contributed by atoms with E-state index in [1.807, 2.05) is 67.6 Å². The first-order chi connectivity index (χ1) is 15.5. The first kappa shape index (κ1) is 21.7. The summed E-state index contributed by atoms with van der Waals surface area (Å²) in [6.45, 7) is 1.90. The van der Waals surface area contributed by atoms with Crippen molar-refractivity contribution in [2.45, 2.75) is 18.1 Å². The van der Waals surface area contributed by atoms with Crippen LogP contribution in [0.1, 0.15) is 18.5 Å². The van der Waals surface area contributed by atoms with Gasteiger partial charge in [-0.15, -0.1) is 10.2 Å². The van der Waals surface area contributed by atoms with Gasteiger partial charge in [0.05, 0.1) is 17.5 Å². The summed E-state index contributed by atoms with van der Waals surface area (Å²) in [5, 5.41) is 11.7. The first-order valence-electron chi connectivity index (χ1n) is 9.96. The lowest BCUT2D eigenvalue weighted by molar-refractivity contribution is -0.119. The molecule has 1 N–H and O–H groups in total. The van der Waals surface area contributed by atoms with Crippen molar-refractivity contribution >= 4 is 17.7 Å². The number of hydrogen-bond donors (Lipinski definition) is 1. The highest BCUT2D eigenvalue weighted by atomic mass is 32.2. The topological polar surface area (TPSA) is 59.8 Å². The monoisotopic (exact) mass is 450 g/mol. The van der Waals surface area contributed by atoms with Crippen LogP contribution in [0, 0.1) is 11.6 Å². The Balaban J connectivity index is 1.59. The lowest BCUT2D eigenvalue weighted by Gasteiger charge is -2.14. The van der Waals surface area contributed by atoms with E-state index in [1.54, 1.807) is 0 Å². The maximum atomic E-state index is 14.6. The minimum atomic E-state index is -0.744. The summed E-state index contributed by atoms with van der Waals surface area (Å²) in [7, 11) is 0. The number of carbonyl (C=O) groups excluding carboxylic acids is 1. The number of amides is 1. The molecule has 8 heteroatoms. The minimum Gasteiger partial charge on any atom is -0.349 e. The average Bonchev–Trinajstić information content (AvgIpc) is 3.22. The summed E-state index contributed by atoms with van der Waals surface area (Å²) in [5.41, 5.74) is 1.82. The Morgan fingerprint density at radius 2 is 1.69 bits per heavy atom. The van der Waals surface area contributed by atoms with Gasteiger partial charge in [-0.2, -0.15) is 0 Å². The molecule has 0 spiro atoms. The van der Waals surface area contributed by atoms with Gasteiger partial charge in [0, 0.05) is 11.6 Å². The van der Waals surface area contributed by atoms with Crippen molar-refractivity contribution in [3.63, 3.8) is 0 Å². The summed E-state index contributed by atoms with van der Waals surface area (Å²) >= 11 is 1.13. The zero-order valence-corrected chi connectivity index (χ0v) is 18.0. The molecule has 1 atom stereocenters. The zero-order valence-electron chi connectivity index (χ0n) is 17.2. The van der Waals surface area contributed by atoms with Crippen LogP contribution < -0.4 is 5.32 Å². The van der Waals surface area contributed by atoms with Crippen LogP contribution in [0.5, 0.6) is 0 Å². The highest BCUT2D eigenvalue weighted by Crippen LogP contribution is 2.29. The Labute approximate surface area is 188 Å². The Morgan fingerprint density at radius 3 is 2.38 bits per heavy atom. The van der Waals surface area contributed by atoms with Crippen LogP contribution in [0.4, 0.5) is 8.78 Å². The van der Waals surface area contributed by atoms with E-state index < -0.39 is 11.6 Å². The van der Waals surface area contributed by atoms with Gasteiger partial charge in [0.15, 0.2) is 11.0 Å². The normalized spacial score (nSPS) is 11.8. The number of thioether (sulfide) groups is 1. The fraction of sp³-hybridized carbons (Fsp3) is 0.125. The van der Waals surface area contributed by atoms with E-state index in [2.05, 4.69) is 15.5 Å². The molecule has 0 saturated heterocycles. The molecular weight excluding hydrogens is 430 g/mol. The van der Waals surface area contributed by atoms with Gasteiger partial charge in [-0.1, -0.05) is 72.4 Å². The predicted molar refractivity (Wildman–Crippen MR) is 120 cm³/mol. The zero-order chi connectivity index (χ0) is 22.5. The molecule has 0 bridgehead atoms. The van der Waals surface area contributed by atoms with Crippen molar-refractivity contribution < 1.29 is 13.6 Å². The van der Waals surface area contributed by atoms with E-state index in [0.29, 0.717) is 11.0 Å². The highest BCUT2D eigenvalue weighted by molar-refractivity contribution is 7.99. The summed E-state index contributed by atoms with van der Waals surface area (Å²) in [6, 6.07) is 22.0. The molecule has 1 unspecified atom stereocenters. The standard InChI is InChI=1S/C24H20F2N4OS/c1-16(17-8-4-2-5-9-17)27-22(31)15-32-24-29-28-23(18-10-6-3-7-11-18)30(24)21-13-12-19(25)14-20(21)26/h2-14,16H,15H2,1H3,(H,27,31). The summed E-state index contributed by atoms with van der Waals surface area (Å²) in [6.07, 6.45) is 0. The van der Waals surface area contributed by atoms with E-state index in [-0.39, 0.29) is 23.4 Å². The molecule has 4 aromatic rings. The van der Waals surface area contributed by atoms with Gasteiger partial charge in [0.25, 0.3) is 0 Å². The number of carbonyl (C=O) groups is 1. The summed E-state index contributed by atoms with van der Waals surface area (Å²) < 4.78 is 29.6. The molecule has 1 amide bonds. The molecule has 0 fully saturated rings. The van der Waals surface area contributed by atoms with Crippen LogP contribution >= 0.6 is 11.8 Å². The molecule has 0 saturated carbocycles. The van der Waals surface area contributed by atoms with E-state index in [0.717, 1.165) is 29.0 Å². The molecule has 3 aromatic carbocycles. The van der Waals surface area contributed by atoms with Gasteiger partial charge in [0.1, 0.15) is 11.6 Å². The first-order valence-corrected chi connectivity index (χ1v) is 10.9. The molecule has 0 aliphatic rings. The molecule has 162 valence electrons. The van der Waals surface area contributed by atoms with Crippen LogP contribution in [-0.4, -0.2) is 26.4 Å². The number of aromatic nitrogens is 3. The second-order valence-electron chi connectivity index (χ2n) is 7.09. The SMILES string of the molecule is CC(NC(=O)CSc1nnc(-c2ccccc2)n1-c1ccc(F)cc1F)c1ccccc1. The summed E-state index contributed by atoms with van der Waals surface area (Å²) in [5.74, 6) is -1.15. The highest BCUT2D eigenvalue weighted by Gasteiger charge is 2.20. The Morgan fingerprint density at radius 1 is 1.00 bits per heavy atom. The van der Waals surface area contributed by atoms with Gasteiger partial charge >= 0.3 is 0 Å². The van der Waals surface area contributed by atoms with Gasteiger partial charge in [0.2, 0.25) is 5.91 Å². The fourth-order valence-corrected chi connectivity index (χ4v) is 4.01. The Kier molecular flexibility index (Phi) is 6.61. The largest absolute Gasteiger partial charge is 0.349 e. The van der Waals surface area contributed by atoms with Gasteiger partial charge in [-0.25, -0.2) is 8.78 Å². The predicted octanol–water partition coefficient (Wildman–Crippen LogP) is 5.18. The third-order valence-electron chi connectivity index (χ3n) is 4.83. The van der Waals surface area contributed by atoms with Crippen LogP contribution in [0.2, 0.25) is 0 Å². The second kappa shape index (κ2) is 9.74. The van der Waals surface area contributed by atoms with Gasteiger partial charge < -0.3 is 5.32 Å². The molecule has 0 aliphatic heterocycles. The molecule has 4 rings (SSSR count). The quantitative estimate of drug-likeness (QED) is 0.394. The third-order valence-corrected chi connectivity index (χ3v) is 5.75. The molecule has 5 nitrogen and oxygen atoms in total. The maximum absolute atomic E-state index is 14.6. The molecule has 0 aliphatic carbocycles. The fourth-order valence-electron chi connectivity index (χ4n) is 3.26. The number of nitrogens with one attached hydrogen (secondary N) is 1. The molecular formula is C24H20F2N4OS. The Bertz CT molecular complexity index is 1220. The lowest BCUT2D eigenvalue weighted by atomic mass is 10.1. The minimum absolute atomic E-state index is 0.0624. The van der Waals surface area contributed by atoms with E-state index in [4.69, 9.17) is 0 Å². The van der Waals surface area contributed by atoms with Crippen molar-refractivity contribution in [1.29, 1.82) is 0 Å². The number of halogens is 2. The lowest BCUT2D eigenvalue weighted by Crippen LogP contribution is -2.28. The van der Waals surface area contributed by atoms with Crippen molar-refractivity contribution in [1.82, 2.24) is 20.1 Å². The third kappa shape index (κ3) is 4.86. The number of rotatable bonds is 7.